The van der Waals surface area contributed by atoms with Gasteiger partial charge in [0, 0.05) is 18.8 Å². The molecule has 2 heterocycles. The van der Waals surface area contributed by atoms with Gasteiger partial charge in [0.05, 0.1) is 31.2 Å². The molecule has 4 heteroatoms. The lowest BCUT2D eigenvalue weighted by Gasteiger charge is -2.33. The van der Waals surface area contributed by atoms with Crippen molar-refractivity contribution in [2.24, 2.45) is 0 Å². The molecule has 2 rings (SSSR count). The second kappa shape index (κ2) is 5.47. The summed E-state index contributed by atoms with van der Waals surface area (Å²) in [6.45, 7) is 6.61. The second-order valence-corrected chi connectivity index (χ2v) is 4.72. The first-order chi connectivity index (χ1) is 8.20. The highest BCUT2D eigenvalue weighted by atomic mass is 16.5. The number of nitrogens with zero attached hydrogens (tertiary/aromatic N) is 2. The fourth-order valence-corrected chi connectivity index (χ4v) is 1.99. The molecule has 1 unspecified atom stereocenters. The number of hydrogen-bond donors (Lipinski definition) is 1. The second-order valence-electron chi connectivity index (χ2n) is 4.72. The molecule has 0 saturated carbocycles. The van der Waals surface area contributed by atoms with E-state index in [0.717, 1.165) is 24.5 Å². The van der Waals surface area contributed by atoms with Gasteiger partial charge in [0.25, 0.3) is 0 Å². The van der Waals surface area contributed by atoms with Crippen molar-refractivity contribution in [1.82, 2.24) is 4.98 Å². The van der Waals surface area contributed by atoms with E-state index in [0.29, 0.717) is 12.5 Å². The highest BCUT2D eigenvalue weighted by Crippen LogP contribution is 2.19. The van der Waals surface area contributed by atoms with E-state index in [4.69, 9.17) is 9.84 Å². The minimum absolute atomic E-state index is 0.0754. The molecule has 1 aromatic heterocycles. The Bertz CT molecular complexity index is 351. The smallest absolute Gasteiger partial charge is 0.0980 e. The quantitative estimate of drug-likeness (QED) is 0.861. The lowest BCUT2D eigenvalue weighted by molar-refractivity contribution is 0.00355. The fourth-order valence-electron chi connectivity index (χ4n) is 1.99. The Kier molecular flexibility index (Phi) is 3.97. The molecule has 1 fully saturated rings. The van der Waals surface area contributed by atoms with Crippen LogP contribution in [0, 0.1) is 0 Å². The van der Waals surface area contributed by atoms with Crippen LogP contribution < -0.4 is 4.90 Å². The molecule has 1 saturated heterocycles. The van der Waals surface area contributed by atoms with Gasteiger partial charge in [-0.15, -0.1) is 0 Å². The summed E-state index contributed by atoms with van der Waals surface area (Å²) in [6, 6.07) is 4.17. The van der Waals surface area contributed by atoms with Crippen LogP contribution >= 0.6 is 0 Å². The van der Waals surface area contributed by atoms with Crippen LogP contribution in [-0.2, 0) is 4.74 Å². The van der Waals surface area contributed by atoms with Crippen LogP contribution in [-0.4, -0.2) is 42.5 Å². The molecule has 1 aliphatic rings. The van der Waals surface area contributed by atoms with Crippen molar-refractivity contribution in [3.05, 3.63) is 24.0 Å². The van der Waals surface area contributed by atoms with Gasteiger partial charge in [0.15, 0.2) is 0 Å². The Hall–Kier alpha value is -1.13. The summed E-state index contributed by atoms with van der Waals surface area (Å²) in [6.07, 6.45) is 1.84. The predicted octanol–water partition coefficient (Wildman–Crippen LogP) is 1.40. The Labute approximate surface area is 102 Å². The number of anilines is 1. The third-order valence-electron chi connectivity index (χ3n) is 3.07. The predicted molar refractivity (Wildman–Crippen MR) is 67.4 cm³/mol. The van der Waals surface area contributed by atoms with E-state index in [2.05, 4.69) is 35.9 Å². The lowest BCUT2D eigenvalue weighted by atomic mass is 10.1. The maximum Gasteiger partial charge on any atom is 0.0980 e. The zero-order chi connectivity index (χ0) is 12.3. The lowest BCUT2D eigenvalue weighted by Crippen LogP contribution is -2.44. The van der Waals surface area contributed by atoms with Crippen molar-refractivity contribution in [2.75, 3.05) is 31.2 Å². The molecular formula is C13H20N2O2. The Morgan fingerprint density at radius 3 is 2.94 bits per heavy atom. The van der Waals surface area contributed by atoms with Crippen LogP contribution in [0.25, 0.3) is 0 Å². The zero-order valence-electron chi connectivity index (χ0n) is 10.5. The molecule has 17 heavy (non-hydrogen) atoms. The summed E-state index contributed by atoms with van der Waals surface area (Å²) in [4.78, 5) is 6.67. The normalized spacial score (nSPS) is 20.9. The topological polar surface area (TPSA) is 45.6 Å². The molecule has 1 N–H and O–H groups in total. The minimum Gasteiger partial charge on any atom is -0.394 e. The maximum atomic E-state index is 9.11. The molecule has 0 aromatic carbocycles. The number of aromatic nitrogens is 1. The maximum absolute atomic E-state index is 9.11. The van der Waals surface area contributed by atoms with E-state index in [-0.39, 0.29) is 12.7 Å². The van der Waals surface area contributed by atoms with E-state index in [1.807, 2.05) is 6.20 Å². The summed E-state index contributed by atoms with van der Waals surface area (Å²) in [7, 11) is 0. The number of morpholine rings is 1. The highest BCUT2D eigenvalue weighted by Gasteiger charge is 2.20. The van der Waals surface area contributed by atoms with Crippen LogP contribution in [0.5, 0.6) is 0 Å². The Morgan fingerprint density at radius 2 is 2.35 bits per heavy atom. The van der Waals surface area contributed by atoms with Crippen LogP contribution in [0.4, 0.5) is 5.69 Å². The number of hydrogen-bond acceptors (Lipinski definition) is 4. The monoisotopic (exact) mass is 236 g/mol. The van der Waals surface area contributed by atoms with Crippen molar-refractivity contribution >= 4 is 5.69 Å². The molecular weight excluding hydrogens is 216 g/mol. The first-order valence-electron chi connectivity index (χ1n) is 6.14. The van der Waals surface area contributed by atoms with Gasteiger partial charge in [-0.3, -0.25) is 4.98 Å². The van der Waals surface area contributed by atoms with Gasteiger partial charge in [-0.25, -0.2) is 0 Å². The molecule has 0 spiro atoms. The van der Waals surface area contributed by atoms with E-state index in [1.165, 1.54) is 0 Å². The number of aliphatic hydroxyl groups is 1. The SMILES string of the molecule is CC(C)c1ccc(N2CCOC(CO)C2)cn1. The van der Waals surface area contributed by atoms with Gasteiger partial charge < -0.3 is 14.7 Å². The average Bonchev–Trinajstić information content (AvgIpc) is 2.39. The van der Waals surface area contributed by atoms with Gasteiger partial charge in [0.1, 0.15) is 0 Å². The van der Waals surface area contributed by atoms with Crippen molar-refractivity contribution in [3.63, 3.8) is 0 Å². The Balaban J connectivity index is 2.06. The number of pyridine rings is 1. The van der Waals surface area contributed by atoms with Crippen LogP contribution in [0.1, 0.15) is 25.5 Å². The molecule has 0 bridgehead atoms. The largest absolute Gasteiger partial charge is 0.394 e. The molecule has 94 valence electrons. The number of rotatable bonds is 3. The van der Waals surface area contributed by atoms with E-state index < -0.39 is 0 Å². The first-order valence-corrected chi connectivity index (χ1v) is 6.14. The third-order valence-corrected chi connectivity index (χ3v) is 3.07. The molecule has 4 nitrogen and oxygen atoms in total. The fraction of sp³-hybridized carbons (Fsp3) is 0.615. The molecule has 1 atom stereocenters. The standard InChI is InChI=1S/C13H20N2O2/c1-10(2)13-4-3-11(7-14-13)15-5-6-17-12(8-15)9-16/h3-4,7,10,12,16H,5-6,8-9H2,1-2H3. The average molecular weight is 236 g/mol. The zero-order valence-corrected chi connectivity index (χ0v) is 10.5. The minimum atomic E-state index is -0.0754. The first kappa shape index (κ1) is 12.3. The molecule has 0 amide bonds. The van der Waals surface area contributed by atoms with Gasteiger partial charge in [-0.2, -0.15) is 0 Å². The van der Waals surface area contributed by atoms with Gasteiger partial charge in [0.2, 0.25) is 0 Å². The summed E-state index contributed by atoms with van der Waals surface area (Å²) < 4.78 is 5.43. The summed E-state index contributed by atoms with van der Waals surface area (Å²) in [5.41, 5.74) is 2.22. The number of aliphatic hydroxyl groups excluding tert-OH is 1. The van der Waals surface area contributed by atoms with Crippen LogP contribution in [0.2, 0.25) is 0 Å². The summed E-state index contributed by atoms with van der Waals surface area (Å²) >= 11 is 0. The molecule has 0 radical (unpaired) electrons. The summed E-state index contributed by atoms with van der Waals surface area (Å²) in [5.74, 6) is 0.457. The third kappa shape index (κ3) is 2.96. The van der Waals surface area contributed by atoms with Crippen LogP contribution in [0.15, 0.2) is 18.3 Å². The van der Waals surface area contributed by atoms with Crippen molar-refractivity contribution in [3.8, 4) is 0 Å². The molecule has 0 aliphatic carbocycles. The van der Waals surface area contributed by atoms with E-state index in [1.54, 1.807) is 0 Å². The van der Waals surface area contributed by atoms with Gasteiger partial charge in [-0.05, 0) is 18.1 Å². The van der Waals surface area contributed by atoms with Crippen LogP contribution in [0.3, 0.4) is 0 Å². The highest BCUT2D eigenvalue weighted by molar-refractivity contribution is 5.45. The van der Waals surface area contributed by atoms with Crippen molar-refractivity contribution < 1.29 is 9.84 Å². The van der Waals surface area contributed by atoms with E-state index in [9.17, 15) is 0 Å². The van der Waals surface area contributed by atoms with Crippen molar-refractivity contribution in [2.45, 2.75) is 25.9 Å². The van der Waals surface area contributed by atoms with Crippen molar-refractivity contribution in [1.29, 1.82) is 0 Å². The molecule has 1 aromatic rings. The van der Waals surface area contributed by atoms with Gasteiger partial charge >= 0.3 is 0 Å². The Morgan fingerprint density at radius 1 is 1.53 bits per heavy atom. The van der Waals surface area contributed by atoms with E-state index >= 15 is 0 Å². The number of ether oxygens (including phenoxy) is 1. The van der Waals surface area contributed by atoms with Gasteiger partial charge in [-0.1, -0.05) is 13.8 Å². The summed E-state index contributed by atoms with van der Waals surface area (Å²) in [5, 5.41) is 9.11. The molecule has 1 aliphatic heterocycles.